The van der Waals surface area contributed by atoms with Crippen molar-refractivity contribution < 1.29 is 37.0 Å². The van der Waals surface area contributed by atoms with Crippen LogP contribution < -0.4 is 21.0 Å². The fourth-order valence-corrected chi connectivity index (χ4v) is 5.27. The van der Waals surface area contributed by atoms with Gasteiger partial charge in [0, 0.05) is 19.8 Å². The summed E-state index contributed by atoms with van der Waals surface area (Å²) in [5.41, 5.74) is 4.29. The van der Waals surface area contributed by atoms with Crippen molar-refractivity contribution >= 4 is 19.5 Å². The Morgan fingerprint density at radius 1 is 1.31 bits per heavy atom. The Bertz CT molecular complexity index is 1180. The monoisotopic (exact) mass is 515 g/mol. The molecule has 0 spiro atoms. The summed E-state index contributed by atoms with van der Waals surface area (Å²) in [5.74, 6) is -4.30. The van der Waals surface area contributed by atoms with Gasteiger partial charge in [-0.05, 0) is 24.6 Å². The summed E-state index contributed by atoms with van der Waals surface area (Å²) in [6.07, 6.45) is -5.04. The highest BCUT2D eigenvalue weighted by Gasteiger charge is 2.60. The first-order valence-corrected chi connectivity index (χ1v) is 12.1. The van der Waals surface area contributed by atoms with Gasteiger partial charge in [-0.3, -0.25) is 13.9 Å². The second kappa shape index (κ2) is 9.63. The van der Waals surface area contributed by atoms with Crippen molar-refractivity contribution in [3.05, 3.63) is 53.1 Å². The van der Waals surface area contributed by atoms with E-state index >= 15 is 0 Å². The standard InChI is InChI=1S/C20H24F2N5O7P/c1-26-9-7-13(17(26)29)25-35(31,34-12-5-3-2-4-6-12)32-11-14-16(28)20(21,22)18(33-14)27-10-8-15(23)24-19(27)30/h2-6,8,10,13-14,16,18,28H,7,9,11H2,1H3,(H,25,31)(H2,23,24,30). The van der Waals surface area contributed by atoms with E-state index in [4.69, 9.17) is 19.5 Å². The number of para-hydroxylation sites is 1. The number of nitrogen functional groups attached to an aromatic ring is 1. The predicted molar refractivity (Wildman–Crippen MR) is 118 cm³/mol. The second-order valence-electron chi connectivity index (χ2n) is 8.12. The van der Waals surface area contributed by atoms with E-state index in [0.717, 1.165) is 12.3 Å². The molecule has 35 heavy (non-hydrogen) atoms. The molecule has 4 rings (SSSR count). The number of rotatable bonds is 8. The molecule has 1 amide bonds. The maximum atomic E-state index is 14.8. The molecule has 0 aliphatic carbocycles. The highest BCUT2D eigenvalue weighted by Crippen LogP contribution is 2.48. The minimum absolute atomic E-state index is 0.137. The van der Waals surface area contributed by atoms with E-state index in [1.165, 1.54) is 17.0 Å². The van der Waals surface area contributed by atoms with Gasteiger partial charge in [0.2, 0.25) is 12.1 Å². The normalized spacial score (nSPS) is 27.7. The van der Waals surface area contributed by atoms with Crippen LogP contribution in [0.25, 0.3) is 0 Å². The molecule has 0 radical (unpaired) electrons. The molecule has 2 aromatic rings. The van der Waals surface area contributed by atoms with Gasteiger partial charge in [0.05, 0.1) is 12.6 Å². The number of halogens is 2. The minimum Gasteiger partial charge on any atom is -0.413 e. The number of likely N-dealkylation sites (tertiary alicyclic amines) is 1. The van der Waals surface area contributed by atoms with E-state index < -0.39 is 50.4 Å². The molecule has 1 aromatic carbocycles. The highest BCUT2D eigenvalue weighted by molar-refractivity contribution is 7.52. The molecule has 2 aliphatic heterocycles. The van der Waals surface area contributed by atoms with Crippen LogP contribution in [-0.2, 0) is 18.6 Å². The zero-order valence-corrected chi connectivity index (χ0v) is 19.4. The lowest BCUT2D eigenvalue weighted by Gasteiger charge is -2.24. The Morgan fingerprint density at radius 2 is 2.03 bits per heavy atom. The Kier molecular flexibility index (Phi) is 6.93. The summed E-state index contributed by atoms with van der Waals surface area (Å²) in [6, 6.07) is 8.14. The summed E-state index contributed by atoms with van der Waals surface area (Å²) < 4.78 is 59.7. The zero-order chi connectivity index (χ0) is 25.4. The van der Waals surface area contributed by atoms with Crippen molar-refractivity contribution in [3.8, 4) is 5.75 Å². The first-order chi connectivity index (χ1) is 16.5. The number of aliphatic hydroxyl groups is 1. The van der Waals surface area contributed by atoms with Crippen LogP contribution in [0.4, 0.5) is 14.6 Å². The summed E-state index contributed by atoms with van der Waals surface area (Å²) in [6.45, 7) is -0.400. The van der Waals surface area contributed by atoms with E-state index in [0.29, 0.717) is 17.5 Å². The lowest BCUT2D eigenvalue weighted by atomic mass is 10.1. The molecule has 2 fully saturated rings. The fraction of sp³-hybridized carbons (Fsp3) is 0.450. The Morgan fingerprint density at radius 3 is 2.66 bits per heavy atom. The number of nitrogens with zero attached hydrogens (tertiary/aromatic N) is 3. The Labute approximate surface area is 198 Å². The first-order valence-electron chi connectivity index (χ1n) is 10.6. The van der Waals surface area contributed by atoms with Gasteiger partial charge in [-0.2, -0.15) is 18.9 Å². The number of carbonyl (C=O) groups excluding carboxylic acids is 1. The van der Waals surface area contributed by atoms with Crippen LogP contribution in [-0.4, -0.2) is 69.8 Å². The molecule has 1 aromatic heterocycles. The number of amides is 1. The van der Waals surface area contributed by atoms with Crippen LogP contribution in [0.15, 0.2) is 47.4 Å². The minimum atomic E-state index is -4.31. The van der Waals surface area contributed by atoms with Crippen molar-refractivity contribution in [2.24, 2.45) is 0 Å². The second-order valence-corrected chi connectivity index (χ2v) is 9.81. The Balaban J connectivity index is 1.53. The molecule has 4 N–H and O–H groups in total. The number of nitrogens with two attached hydrogens (primary N) is 1. The average molecular weight is 515 g/mol. The van der Waals surface area contributed by atoms with E-state index in [9.17, 15) is 28.0 Å². The van der Waals surface area contributed by atoms with Gasteiger partial charge < -0.3 is 25.0 Å². The third kappa shape index (κ3) is 5.21. The van der Waals surface area contributed by atoms with Crippen LogP contribution in [0, 0.1) is 0 Å². The van der Waals surface area contributed by atoms with Crippen molar-refractivity contribution in [1.29, 1.82) is 0 Å². The number of nitrogens with one attached hydrogen (secondary N) is 1. The van der Waals surface area contributed by atoms with E-state index in [1.54, 1.807) is 25.2 Å². The summed E-state index contributed by atoms with van der Waals surface area (Å²) in [5, 5.41) is 12.8. The first kappa shape index (κ1) is 25.2. The van der Waals surface area contributed by atoms with Gasteiger partial charge in [-0.25, -0.2) is 9.36 Å². The number of aliphatic hydroxyl groups excluding tert-OH is 1. The summed E-state index contributed by atoms with van der Waals surface area (Å²) in [4.78, 5) is 29.2. The molecule has 3 heterocycles. The Hall–Kier alpha value is -2.90. The van der Waals surface area contributed by atoms with Crippen molar-refractivity contribution in [1.82, 2.24) is 19.5 Å². The maximum Gasteiger partial charge on any atom is 0.459 e. The van der Waals surface area contributed by atoms with E-state index in [-0.39, 0.29) is 17.5 Å². The van der Waals surface area contributed by atoms with Gasteiger partial charge in [0.15, 0.2) is 6.10 Å². The topological polar surface area (TPSA) is 158 Å². The van der Waals surface area contributed by atoms with Gasteiger partial charge in [-0.1, -0.05) is 18.2 Å². The lowest BCUT2D eigenvalue weighted by molar-refractivity contribution is -0.140. The number of likely N-dealkylation sites (N-methyl/N-ethyl adjacent to an activating group) is 1. The van der Waals surface area contributed by atoms with Gasteiger partial charge in [0.25, 0.3) is 0 Å². The quantitative estimate of drug-likeness (QED) is 0.428. The molecule has 5 unspecified atom stereocenters. The molecule has 0 saturated carbocycles. The molecule has 190 valence electrons. The number of ether oxygens (including phenoxy) is 1. The molecule has 2 saturated heterocycles. The summed E-state index contributed by atoms with van der Waals surface area (Å²) in [7, 11) is -2.74. The van der Waals surface area contributed by atoms with E-state index in [1.807, 2.05) is 0 Å². The van der Waals surface area contributed by atoms with E-state index in [2.05, 4.69) is 10.1 Å². The van der Waals surface area contributed by atoms with Crippen molar-refractivity contribution in [3.63, 3.8) is 0 Å². The van der Waals surface area contributed by atoms with Crippen LogP contribution in [0.5, 0.6) is 5.75 Å². The van der Waals surface area contributed by atoms with Crippen LogP contribution in [0.2, 0.25) is 0 Å². The molecular formula is C20H24F2N5O7P. The molecular weight excluding hydrogens is 491 g/mol. The molecule has 2 aliphatic rings. The van der Waals surface area contributed by atoms with Crippen molar-refractivity contribution in [2.75, 3.05) is 25.9 Å². The predicted octanol–water partition coefficient (Wildman–Crippen LogP) is 0.743. The fourth-order valence-electron chi connectivity index (χ4n) is 3.73. The lowest BCUT2D eigenvalue weighted by Crippen LogP contribution is -2.42. The zero-order valence-electron chi connectivity index (χ0n) is 18.5. The van der Waals surface area contributed by atoms with Crippen LogP contribution in [0.1, 0.15) is 12.6 Å². The number of benzene rings is 1. The van der Waals surface area contributed by atoms with Crippen LogP contribution >= 0.6 is 7.75 Å². The average Bonchev–Trinajstić information content (AvgIpc) is 3.23. The third-order valence-corrected chi connectivity index (χ3v) is 7.17. The largest absolute Gasteiger partial charge is 0.459 e. The van der Waals surface area contributed by atoms with Gasteiger partial charge in [0.1, 0.15) is 17.7 Å². The summed E-state index contributed by atoms with van der Waals surface area (Å²) >= 11 is 0. The maximum absolute atomic E-state index is 14.8. The van der Waals surface area contributed by atoms with Crippen LogP contribution in [0.3, 0.4) is 0 Å². The molecule has 0 bridgehead atoms. The van der Waals surface area contributed by atoms with Crippen molar-refractivity contribution in [2.45, 2.75) is 36.8 Å². The SMILES string of the molecule is CN1CCC(NP(=O)(OCC2OC(n3ccc(N)nc3=O)C(F)(F)C2O)Oc2ccccc2)C1=O. The smallest absolute Gasteiger partial charge is 0.413 e. The van der Waals surface area contributed by atoms with Gasteiger partial charge in [-0.15, -0.1) is 0 Å². The molecule has 15 heteroatoms. The number of hydrogen-bond donors (Lipinski definition) is 3. The molecule has 12 nitrogen and oxygen atoms in total. The molecule has 5 atom stereocenters. The van der Waals surface area contributed by atoms with Gasteiger partial charge >= 0.3 is 19.4 Å². The number of anilines is 1. The number of hydrogen-bond acceptors (Lipinski definition) is 9. The third-order valence-electron chi connectivity index (χ3n) is 5.60. The number of alkyl halides is 2. The number of aromatic nitrogens is 2. The number of carbonyl (C=O) groups is 1. The highest BCUT2D eigenvalue weighted by atomic mass is 31.2.